The van der Waals surface area contributed by atoms with Crippen molar-refractivity contribution < 1.29 is 23.9 Å². The highest BCUT2D eigenvalue weighted by Crippen LogP contribution is 2.34. The summed E-state index contributed by atoms with van der Waals surface area (Å²) in [6.07, 6.45) is 0. The Morgan fingerprint density at radius 1 is 1.09 bits per heavy atom. The smallest absolute Gasteiger partial charge is 0.348 e. The Morgan fingerprint density at radius 2 is 1.77 bits per heavy atom. The zero-order valence-corrected chi connectivity index (χ0v) is 22.7. The summed E-state index contributed by atoms with van der Waals surface area (Å²) in [5.41, 5.74) is 6.70. The number of carbonyl (C=O) groups excluding carboxylic acids is 3. The van der Waals surface area contributed by atoms with Crippen LogP contribution < -0.4 is 16.2 Å². The zero-order chi connectivity index (χ0) is 25.5. The van der Waals surface area contributed by atoms with Gasteiger partial charge in [0.15, 0.2) is 9.45 Å². The highest BCUT2D eigenvalue weighted by atomic mass is 32.2. The summed E-state index contributed by atoms with van der Waals surface area (Å²) in [5.74, 6) is -1.44. The average Bonchev–Trinajstić information content (AvgIpc) is 3.37. The van der Waals surface area contributed by atoms with E-state index in [1.807, 2.05) is 24.3 Å². The fraction of sp³-hybridized carbons (Fsp3) is 0.318. The molecule has 0 aliphatic heterocycles. The minimum atomic E-state index is -0.591. The van der Waals surface area contributed by atoms with E-state index in [-0.39, 0.29) is 34.7 Å². The lowest BCUT2D eigenvalue weighted by molar-refractivity contribution is -0.120. The van der Waals surface area contributed by atoms with Gasteiger partial charge in [-0.25, -0.2) is 14.6 Å². The molecule has 0 aliphatic rings. The van der Waals surface area contributed by atoms with Crippen LogP contribution in [0.3, 0.4) is 0 Å². The highest BCUT2D eigenvalue weighted by Gasteiger charge is 2.27. The molecule has 1 aromatic carbocycles. The van der Waals surface area contributed by atoms with Gasteiger partial charge in [-0.1, -0.05) is 23.9 Å². The second kappa shape index (κ2) is 12.3. The van der Waals surface area contributed by atoms with Crippen molar-refractivity contribution in [2.24, 2.45) is 0 Å². The van der Waals surface area contributed by atoms with Crippen LogP contribution in [0.1, 0.15) is 46.4 Å². The van der Waals surface area contributed by atoms with E-state index in [2.05, 4.69) is 21.2 Å². The summed E-state index contributed by atoms with van der Waals surface area (Å²) in [7, 11) is 0. The number of nitrogens with one attached hydrogen (secondary N) is 3. The van der Waals surface area contributed by atoms with Crippen LogP contribution in [0.25, 0.3) is 10.2 Å². The van der Waals surface area contributed by atoms with E-state index in [4.69, 9.17) is 21.7 Å². The number of hydrazine groups is 1. The maximum absolute atomic E-state index is 12.6. The van der Waals surface area contributed by atoms with Gasteiger partial charge in [-0.05, 0) is 57.6 Å². The van der Waals surface area contributed by atoms with Gasteiger partial charge in [0.25, 0.3) is 5.91 Å². The molecule has 2 heterocycles. The summed E-state index contributed by atoms with van der Waals surface area (Å²) in [6, 6.07) is 7.78. The molecule has 0 saturated carbocycles. The Labute approximate surface area is 219 Å². The monoisotopic (exact) mass is 552 g/mol. The molecule has 1 atom stereocenters. The van der Waals surface area contributed by atoms with Gasteiger partial charge in [0.05, 0.1) is 34.2 Å². The molecular weight excluding hydrogens is 529 g/mol. The Bertz CT molecular complexity index is 1220. The number of amides is 1. The predicted octanol–water partition coefficient (Wildman–Crippen LogP) is 4.52. The fourth-order valence-corrected chi connectivity index (χ4v) is 6.42. The number of para-hydroxylation sites is 1. The molecule has 0 fully saturated rings. The van der Waals surface area contributed by atoms with Gasteiger partial charge in [0, 0.05) is 0 Å². The van der Waals surface area contributed by atoms with Gasteiger partial charge in [-0.2, -0.15) is 0 Å². The minimum Gasteiger partial charge on any atom is -0.462 e. The molecule has 3 aromatic rings. The number of hydrogen-bond donors (Lipinski definition) is 3. The van der Waals surface area contributed by atoms with Gasteiger partial charge in [0.1, 0.15) is 9.88 Å². The third kappa shape index (κ3) is 6.69. The molecule has 3 N–H and O–H groups in total. The number of nitrogens with zero attached hydrogens (tertiary/aromatic N) is 1. The topological polar surface area (TPSA) is 119 Å². The Balaban J connectivity index is 1.63. The molecule has 35 heavy (non-hydrogen) atoms. The van der Waals surface area contributed by atoms with Gasteiger partial charge in [0.2, 0.25) is 0 Å². The average molecular weight is 553 g/mol. The van der Waals surface area contributed by atoms with E-state index in [0.29, 0.717) is 10.6 Å². The first-order valence-corrected chi connectivity index (χ1v) is 13.5. The Hall–Kier alpha value is -2.74. The molecular formula is C22H24N4O5S4. The van der Waals surface area contributed by atoms with E-state index in [0.717, 1.165) is 25.9 Å². The number of esters is 2. The summed E-state index contributed by atoms with van der Waals surface area (Å²) in [5, 5.41) is 2.78. The fourth-order valence-electron chi connectivity index (χ4n) is 2.90. The molecule has 13 heteroatoms. The number of benzene rings is 1. The third-order valence-electron chi connectivity index (χ3n) is 4.53. The largest absolute Gasteiger partial charge is 0.462 e. The van der Waals surface area contributed by atoms with Crippen LogP contribution in [-0.4, -0.2) is 46.4 Å². The number of ether oxygens (including phenoxy) is 2. The standard InChI is InChI=1S/C22H24N4O5S4/c1-5-30-19(28)15-11(3)16(20(29)31-6-2)35-18(15)24-21(32)26-25-17(27)12(4)33-22-23-13-9-7-8-10-14(13)34-22/h7-10,12H,5-6H2,1-4H3,(H,25,27)(H2,24,26,32)/t12-/m0/s1. The van der Waals surface area contributed by atoms with E-state index >= 15 is 0 Å². The van der Waals surface area contributed by atoms with Gasteiger partial charge >= 0.3 is 11.9 Å². The molecule has 186 valence electrons. The van der Waals surface area contributed by atoms with Crippen molar-refractivity contribution in [2.75, 3.05) is 18.5 Å². The number of rotatable bonds is 8. The number of anilines is 1. The van der Waals surface area contributed by atoms with Crippen molar-refractivity contribution in [3.05, 3.63) is 40.3 Å². The van der Waals surface area contributed by atoms with Crippen molar-refractivity contribution in [2.45, 2.75) is 37.3 Å². The molecule has 9 nitrogen and oxygen atoms in total. The van der Waals surface area contributed by atoms with Crippen LogP contribution in [-0.2, 0) is 14.3 Å². The maximum atomic E-state index is 12.6. The number of aromatic nitrogens is 1. The number of thiophene rings is 1. The lowest BCUT2D eigenvalue weighted by Crippen LogP contribution is -2.46. The molecule has 3 rings (SSSR count). The number of thiocarbonyl (C=S) groups is 1. The van der Waals surface area contributed by atoms with Crippen LogP contribution in [0.2, 0.25) is 0 Å². The maximum Gasteiger partial charge on any atom is 0.348 e. The molecule has 0 aliphatic carbocycles. The highest BCUT2D eigenvalue weighted by molar-refractivity contribution is 8.02. The van der Waals surface area contributed by atoms with Crippen LogP contribution in [0.5, 0.6) is 0 Å². The van der Waals surface area contributed by atoms with Gasteiger partial charge < -0.3 is 14.8 Å². The van der Waals surface area contributed by atoms with Crippen LogP contribution in [0.15, 0.2) is 28.6 Å². The van der Waals surface area contributed by atoms with E-state index in [9.17, 15) is 14.4 Å². The summed E-state index contributed by atoms with van der Waals surface area (Å²) < 4.78 is 12.0. The second-order valence-corrected chi connectivity index (χ2v) is 11.0. The van der Waals surface area contributed by atoms with Crippen molar-refractivity contribution in [3.8, 4) is 0 Å². The molecule has 2 aromatic heterocycles. The number of fused-ring (bicyclic) bond motifs is 1. The lowest BCUT2D eigenvalue weighted by Gasteiger charge is -2.14. The number of thiazole rings is 1. The molecule has 0 spiro atoms. The van der Waals surface area contributed by atoms with Crippen molar-refractivity contribution >= 4 is 84.8 Å². The number of carbonyl (C=O) groups is 3. The summed E-state index contributed by atoms with van der Waals surface area (Å²) >= 11 is 9.16. The van der Waals surface area contributed by atoms with Crippen LogP contribution in [0.4, 0.5) is 5.00 Å². The first-order chi connectivity index (χ1) is 16.7. The van der Waals surface area contributed by atoms with Gasteiger partial charge in [-0.3, -0.25) is 15.6 Å². The molecule has 0 unspecified atom stereocenters. The summed E-state index contributed by atoms with van der Waals surface area (Å²) in [6.45, 7) is 7.16. The predicted molar refractivity (Wildman–Crippen MR) is 143 cm³/mol. The first kappa shape index (κ1) is 26.9. The minimum absolute atomic E-state index is 0.0396. The first-order valence-electron chi connectivity index (χ1n) is 10.6. The van der Waals surface area contributed by atoms with Crippen LogP contribution >= 0.6 is 46.7 Å². The van der Waals surface area contributed by atoms with E-state index < -0.39 is 17.2 Å². The van der Waals surface area contributed by atoms with E-state index in [1.165, 1.54) is 23.1 Å². The normalized spacial score (nSPS) is 11.5. The molecule has 0 bridgehead atoms. The van der Waals surface area contributed by atoms with Gasteiger partial charge in [-0.15, -0.1) is 22.7 Å². The molecule has 0 radical (unpaired) electrons. The van der Waals surface area contributed by atoms with E-state index in [1.54, 1.807) is 27.7 Å². The summed E-state index contributed by atoms with van der Waals surface area (Å²) in [4.78, 5) is 42.2. The molecule has 1 amide bonds. The lowest BCUT2D eigenvalue weighted by atomic mass is 10.1. The number of hydrogen-bond acceptors (Lipinski definition) is 10. The van der Waals surface area contributed by atoms with Crippen molar-refractivity contribution in [1.82, 2.24) is 15.8 Å². The number of thioether (sulfide) groups is 1. The Kier molecular flexibility index (Phi) is 9.43. The molecule has 0 saturated heterocycles. The SMILES string of the molecule is CCOC(=O)c1sc(NC(=S)NNC(=O)[C@H](C)Sc2nc3ccccc3s2)c(C(=O)OCC)c1C. The zero-order valence-electron chi connectivity index (χ0n) is 19.4. The van der Waals surface area contributed by atoms with Crippen molar-refractivity contribution in [3.63, 3.8) is 0 Å². The quantitative estimate of drug-likeness (QED) is 0.159. The Morgan fingerprint density at radius 3 is 2.46 bits per heavy atom. The second-order valence-electron chi connectivity index (χ2n) is 6.98. The third-order valence-corrected chi connectivity index (χ3v) is 8.16. The van der Waals surface area contributed by atoms with Crippen molar-refractivity contribution in [1.29, 1.82) is 0 Å². The van der Waals surface area contributed by atoms with Crippen LogP contribution in [0, 0.1) is 6.92 Å².